The summed E-state index contributed by atoms with van der Waals surface area (Å²) in [5, 5.41) is 5.94. The third kappa shape index (κ3) is 5.99. The molecular formula is C15H28NO14P5. The SMILES string of the molecule is CCP(=O)(O)c1ccc(C(OP(=O)(O)O)(P(=O)(O)CC)P(=O)(O)CC)c(P(=O)(O)CC)c1[N+](=O)[O-]. The Balaban J connectivity index is 4.75. The highest BCUT2D eigenvalue weighted by Crippen LogP contribution is 2.81. The van der Waals surface area contributed by atoms with E-state index in [0.717, 1.165) is 20.8 Å². The zero-order chi connectivity index (χ0) is 27.8. The summed E-state index contributed by atoms with van der Waals surface area (Å²) in [6.45, 7) is 4.25. The van der Waals surface area contributed by atoms with E-state index in [2.05, 4.69) is 4.52 Å². The summed E-state index contributed by atoms with van der Waals surface area (Å²) < 4.78 is 69.2. The summed E-state index contributed by atoms with van der Waals surface area (Å²) in [7, 11) is -26.4. The lowest BCUT2D eigenvalue weighted by atomic mass is 10.2. The van der Waals surface area contributed by atoms with E-state index in [1.165, 1.54) is 6.92 Å². The fourth-order valence-electron chi connectivity index (χ4n) is 3.37. The van der Waals surface area contributed by atoms with Crippen LogP contribution in [0.5, 0.6) is 0 Å². The molecule has 0 aliphatic carbocycles. The number of phosphoric acid groups is 1. The summed E-state index contributed by atoms with van der Waals surface area (Å²) in [6, 6.07) is 1.08. The Hall–Kier alpha value is -0.510. The Bertz CT molecular complexity index is 1210. The second-order valence-electron chi connectivity index (χ2n) is 7.35. The average Bonchev–Trinajstić information content (AvgIpc) is 2.75. The van der Waals surface area contributed by atoms with Crippen LogP contribution in [0.15, 0.2) is 12.1 Å². The van der Waals surface area contributed by atoms with Crippen LogP contribution in [0.25, 0.3) is 0 Å². The van der Waals surface area contributed by atoms with Crippen LogP contribution >= 0.6 is 37.3 Å². The Morgan fingerprint density at radius 3 is 1.54 bits per heavy atom. The normalized spacial score (nSPS) is 21.1. The number of rotatable bonds is 12. The van der Waals surface area contributed by atoms with Crippen LogP contribution < -0.4 is 10.6 Å². The molecule has 6 N–H and O–H groups in total. The molecule has 1 rings (SSSR count). The molecule has 1 aromatic carbocycles. The van der Waals surface area contributed by atoms with Crippen molar-refractivity contribution in [2.24, 2.45) is 0 Å². The van der Waals surface area contributed by atoms with Crippen molar-refractivity contribution in [2.75, 3.05) is 24.6 Å². The maximum absolute atomic E-state index is 13.4. The van der Waals surface area contributed by atoms with Gasteiger partial charge < -0.3 is 29.4 Å². The summed E-state index contributed by atoms with van der Waals surface area (Å²) >= 11 is 0. The molecule has 0 aliphatic rings. The Morgan fingerprint density at radius 2 is 1.23 bits per heavy atom. The molecule has 1 aromatic rings. The quantitative estimate of drug-likeness (QED) is 0.114. The molecule has 0 radical (unpaired) electrons. The molecule has 0 saturated carbocycles. The van der Waals surface area contributed by atoms with Gasteiger partial charge in [-0.2, -0.15) is 0 Å². The van der Waals surface area contributed by atoms with Crippen molar-refractivity contribution in [3.8, 4) is 0 Å². The lowest BCUT2D eigenvalue weighted by molar-refractivity contribution is -0.382. The molecule has 0 fully saturated rings. The van der Waals surface area contributed by atoms with Crippen molar-refractivity contribution in [3.05, 3.63) is 27.8 Å². The van der Waals surface area contributed by atoms with Crippen LogP contribution in [0.2, 0.25) is 0 Å². The van der Waals surface area contributed by atoms with E-state index in [9.17, 15) is 62.3 Å². The molecule has 0 heterocycles. The molecule has 4 unspecified atom stereocenters. The lowest BCUT2D eigenvalue weighted by Gasteiger charge is -2.40. The molecular weight excluding hydrogens is 573 g/mol. The van der Waals surface area contributed by atoms with Crippen LogP contribution in [0.1, 0.15) is 33.3 Å². The van der Waals surface area contributed by atoms with Crippen molar-refractivity contribution < 1.29 is 61.6 Å². The largest absolute Gasteiger partial charge is 0.471 e. The maximum atomic E-state index is 13.4. The van der Waals surface area contributed by atoms with Crippen molar-refractivity contribution in [2.45, 2.75) is 32.8 Å². The maximum Gasteiger partial charge on any atom is 0.471 e. The van der Waals surface area contributed by atoms with Crippen LogP contribution in [0, 0.1) is 10.1 Å². The molecule has 202 valence electrons. The molecule has 0 aromatic heterocycles. The van der Waals surface area contributed by atoms with Crippen molar-refractivity contribution in [1.29, 1.82) is 0 Å². The van der Waals surface area contributed by atoms with Crippen LogP contribution in [-0.2, 0) is 32.4 Å². The molecule has 0 amide bonds. The van der Waals surface area contributed by atoms with Gasteiger partial charge in [0.25, 0.3) is 10.8 Å². The first-order valence-corrected chi connectivity index (χ1v) is 18.9. The third-order valence-corrected chi connectivity index (χ3v) is 16.2. The van der Waals surface area contributed by atoms with Gasteiger partial charge in [-0.3, -0.25) is 32.9 Å². The number of hydrogen-bond acceptors (Lipinski definition) is 8. The minimum absolute atomic E-state index is 0.515. The van der Waals surface area contributed by atoms with Crippen molar-refractivity contribution >= 4 is 53.6 Å². The highest BCUT2D eigenvalue weighted by molar-refractivity contribution is 7.77. The first-order chi connectivity index (χ1) is 15.6. The molecule has 4 atom stereocenters. The Kier molecular flexibility index (Phi) is 9.94. The van der Waals surface area contributed by atoms with Gasteiger partial charge >= 0.3 is 7.82 Å². The van der Waals surface area contributed by atoms with E-state index in [0.29, 0.717) is 12.1 Å². The highest BCUT2D eigenvalue weighted by atomic mass is 31.2. The fourth-order valence-corrected chi connectivity index (χ4v) is 13.1. The highest BCUT2D eigenvalue weighted by Gasteiger charge is 2.66. The fraction of sp³-hybridized carbons (Fsp3) is 0.600. The number of nitrogens with zero attached hydrogens (tertiary/aromatic N) is 1. The van der Waals surface area contributed by atoms with E-state index in [-0.39, 0.29) is 0 Å². The van der Waals surface area contributed by atoms with E-state index < -0.39 is 93.8 Å². The number of phosphoric ester groups is 1. The van der Waals surface area contributed by atoms with Gasteiger partial charge in [-0.25, -0.2) is 4.57 Å². The second kappa shape index (κ2) is 10.7. The monoisotopic (exact) mass is 601 g/mol. The predicted octanol–water partition coefficient (Wildman–Crippen LogP) is 2.23. The van der Waals surface area contributed by atoms with Gasteiger partial charge in [0.05, 0.1) is 4.92 Å². The second-order valence-corrected chi connectivity index (χ2v) is 19.2. The molecule has 20 heteroatoms. The van der Waals surface area contributed by atoms with Gasteiger partial charge in [-0.05, 0) is 6.07 Å². The van der Waals surface area contributed by atoms with Gasteiger partial charge in [-0.15, -0.1) is 0 Å². The smallest absolute Gasteiger partial charge is 0.342 e. The topological polar surface area (TPSA) is 259 Å². The number of hydrogen-bond donors (Lipinski definition) is 6. The molecule has 0 spiro atoms. The first kappa shape index (κ1) is 32.5. The molecule has 35 heavy (non-hydrogen) atoms. The van der Waals surface area contributed by atoms with Crippen LogP contribution in [0.4, 0.5) is 5.69 Å². The van der Waals surface area contributed by atoms with Gasteiger partial charge in [-0.1, -0.05) is 33.8 Å². The van der Waals surface area contributed by atoms with Gasteiger partial charge in [0, 0.05) is 30.2 Å². The van der Waals surface area contributed by atoms with E-state index >= 15 is 0 Å². The summed E-state index contributed by atoms with van der Waals surface area (Å²) in [4.78, 5) is 72.4. The Labute approximate surface area is 200 Å². The third-order valence-electron chi connectivity index (χ3n) is 5.30. The standard InChI is InChI=1S/C15H28NO14P5/c1-5-31(19,20)12-10-9-11(14(13(12)16(17)18)32(21,22)6-2)15(30-35(27,28)29,33(23,24)7-3)34(25,26)8-4/h9-10H,5-8H2,1-4H3,(H,19,20)(H,21,22)(H,23,24)(H,25,26)(H2,27,28,29). The zero-order valence-corrected chi connectivity index (χ0v) is 23.6. The summed E-state index contributed by atoms with van der Waals surface area (Å²) in [6.07, 6.45) is -3.29. The van der Waals surface area contributed by atoms with Crippen LogP contribution in [-0.4, -0.2) is 58.9 Å². The first-order valence-electron chi connectivity index (χ1n) is 9.99. The van der Waals surface area contributed by atoms with E-state index in [1.54, 1.807) is 0 Å². The van der Waals surface area contributed by atoms with Crippen molar-refractivity contribution in [1.82, 2.24) is 0 Å². The molecule has 0 aliphatic heterocycles. The Morgan fingerprint density at radius 1 is 0.800 bits per heavy atom. The summed E-state index contributed by atoms with van der Waals surface area (Å²) in [5.74, 6) is 0. The van der Waals surface area contributed by atoms with Crippen molar-refractivity contribution in [3.63, 3.8) is 0 Å². The van der Waals surface area contributed by atoms with Gasteiger partial charge in [0.15, 0.2) is 0 Å². The molecule has 0 bridgehead atoms. The number of nitro groups is 1. The molecule has 0 saturated heterocycles. The van der Waals surface area contributed by atoms with Gasteiger partial charge in [0.2, 0.25) is 29.5 Å². The van der Waals surface area contributed by atoms with Gasteiger partial charge in [0.1, 0.15) is 10.6 Å². The van der Waals surface area contributed by atoms with Crippen LogP contribution in [0.3, 0.4) is 0 Å². The number of benzene rings is 1. The minimum Gasteiger partial charge on any atom is -0.342 e. The number of nitro benzene ring substituents is 1. The average molecular weight is 601 g/mol. The molecule has 15 nitrogen and oxygen atoms in total. The van der Waals surface area contributed by atoms with E-state index in [1.807, 2.05) is 0 Å². The predicted molar refractivity (Wildman–Crippen MR) is 129 cm³/mol. The minimum atomic E-state index is -5.95. The summed E-state index contributed by atoms with van der Waals surface area (Å²) in [5.41, 5.74) is -2.74. The lowest BCUT2D eigenvalue weighted by Crippen LogP contribution is -2.38. The van der Waals surface area contributed by atoms with E-state index in [4.69, 9.17) is 0 Å². The zero-order valence-electron chi connectivity index (χ0n) is 19.1.